The summed E-state index contributed by atoms with van der Waals surface area (Å²) in [5, 5.41) is 26.3. The summed E-state index contributed by atoms with van der Waals surface area (Å²) in [5.74, 6) is -3.01. The van der Waals surface area contributed by atoms with Crippen LogP contribution in [0.4, 0.5) is 0 Å². The molecule has 0 aromatic heterocycles. The average molecular weight is 461 g/mol. The molecule has 0 amide bonds. The fraction of sp³-hybridized carbons (Fsp3) is 0.296. The van der Waals surface area contributed by atoms with Gasteiger partial charge in [-0.2, -0.15) is 5.26 Å². The molecule has 0 aliphatic carbocycles. The first kappa shape index (κ1) is 24.9. The minimum Gasteiger partial charge on any atom is -0.473 e. The van der Waals surface area contributed by atoms with Crippen molar-refractivity contribution in [3.8, 4) is 6.07 Å². The van der Waals surface area contributed by atoms with Crippen LogP contribution in [0.15, 0.2) is 66.7 Å². The van der Waals surface area contributed by atoms with Crippen LogP contribution < -0.4 is 0 Å². The Kier molecular flexibility index (Phi) is 9.15. The zero-order valence-electron chi connectivity index (χ0n) is 18.9. The molecule has 3 aromatic carbocycles. The predicted molar refractivity (Wildman–Crippen MR) is 128 cm³/mol. The van der Waals surface area contributed by atoms with Gasteiger partial charge in [0.2, 0.25) is 0 Å². The second-order valence-electron chi connectivity index (χ2n) is 8.29. The van der Waals surface area contributed by atoms with E-state index >= 15 is 0 Å². The van der Waals surface area contributed by atoms with Gasteiger partial charge >= 0.3 is 11.9 Å². The predicted octanol–water partition coefficient (Wildman–Crippen LogP) is 4.30. The van der Waals surface area contributed by atoms with Gasteiger partial charge in [0.1, 0.15) is 0 Å². The summed E-state index contributed by atoms with van der Waals surface area (Å²) in [6, 6.07) is 25.1. The van der Waals surface area contributed by atoms with E-state index in [1.54, 1.807) is 0 Å². The van der Waals surface area contributed by atoms with E-state index in [0.29, 0.717) is 18.1 Å². The number of nitriles is 1. The van der Waals surface area contributed by atoms with Gasteiger partial charge in [0.25, 0.3) is 0 Å². The van der Waals surface area contributed by atoms with Crippen molar-refractivity contribution in [2.75, 3.05) is 19.7 Å². The summed E-state index contributed by atoms with van der Waals surface area (Å²) in [6.45, 7) is 4.74. The van der Waals surface area contributed by atoms with E-state index < -0.39 is 11.9 Å². The molecule has 0 bridgehead atoms. The Bertz CT molecular complexity index is 1130. The van der Waals surface area contributed by atoms with Crippen molar-refractivity contribution in [2.24, 2.45) is 5.92 Å². The Morgan fingerprint density at radius 3 is 2.24 bits per heavy atom. The zero-order chi connectivity index (χ0) is 24.3. The molecule has 1 heterocycles. The van der Waals surface area contributed by atoms with Gasteiger partial charge in [-0.3, -0.25) is 4.90 Å². The Hall–Kier alpha value is -3.73. The van der Waals surface area contributed by atoms with Crippen LogP contribution >= 0.6 is 0 Å². The quantitative estimate of drug-likeness (QED) is 0.528. The summed E-state index contributed by atoms with van der Waals surface area (Å²) in [4.78, 5) is 20.8. The highest BCUT2D eigenvalue weighted by Crippen LogP contribution is 2.24. The monoisotopic (exact) mass is 460 g/mol. The molecule has 176 valence electrons. The normalized spacial score (nSPS) is 14.1. The van der Waals surface area contributed by atoms with Crippen molar-refractivity contribution in [3.05, 3.63) is 83.4 Å². The number of carboxylic acids is 2. The van der Waals surface area contributed by atoms with Crippen LogP contribution in [0.5, 0.6) is 0 Å². The molecule has 1 saturated heterocycles. The van der Waals surface area contributed by atoms with E-state index in [4.69, 9.17) is 29.8 Å². The molecule has 3 aromatic rings. The molecule has 0 atom stereocenters. The third-order valence-corrected chi connectivity index (χ3v) is 5.87. The number of rotatable bonds is 6. The zero-order valence-corrected chi connectivity index (χ0v) is 18.9. The molecule has 2 N–H and O–H groups in total. The first-order valence-electron chi connectivity index (χ1n) is 11.2. The second-order valence-corrected chi connectivity index (χ2v) is 8.29. The molecule has 7 heteroatoms. The molecule has 0 radical (unpaired) electrons. The smallest absolute Gasteiger partial charge is 0.414 e. The fourth-order valence-electron chi connectivity index (χ4n) is 4.00. The highest BCUT2D eigenvalue weighted by atomic mass is 16.5. The number of hydrogen-bond acceptors (Lipinski definition) is 5. The molecule has 34 heavy (non-hydrogen) atoms. The van der Waals surface area contributed by atoms with Gasteiger partial charge in [-0.15, -0.1) is 0 Å². The molecule has 1 aliphatic heterocycles. The summed E-state index contributed by atoms with van der Waals surface area (Å²) in [7, 11) is 0. The Labute approximate surface area is 198 Å². The van der Waals surface area contributed by atoms with Crippen LogP contribution in [0, 0.1) is 17.2 Å². The van der Waals surface area contributed by atoms with Crippen LogP contribution in [-0.4, -0.2) is 46.7 Å². The number of hydrogen-bond donors (Lipinski definition) is 2. The Morgan fingerprint density at radius 2 is 1.59 bits per heavy atom. The average Bonchev–Trinajstić information content (AvgIpc) is 2.86. The Balaban J connectivity index is 0.000000481. The SMILES string of the molecule is N#Cc1ccc(COCC2CCN(Cc3cccc4ccccc34)CC2)cc1.O=C(O)C(=O)O. The van der Waals surface area contributed by atoms with E-state index in [0.717, 1.165) is 31.8 Å². The molecule has 1 fully saturated rings. The molecule has 0 saturated carbocycles. The number of piperidine rings is 1. The van der Waals surface area contributed by atoms with Gasteiger partial charge < -0.3 is 14.9 Å². The highest BCUT2D eigenvalue weighted by molar-refractivity contribution is 6.27. The minimum absolute atomic E-state index is 0.627. The van der Waals surface area contributed by atoms with E-state index in [1.807, 2.05) is 24.3 Å². The third kappa shape index (κ3) is 7.41. The number of aliphatic carboxylic acids is 2. The van der Waals surface area contributed by atoms with Crippen LogP contribution in [0.2, 0.25) is 0 Å². The standard InChI is InChI=1S/C25H26N2O.C2H2O4/c26-16-20-8-10-21(11-9-20)18-28-19-22-12-14-27(15-13-22)17-24-6-3-5-23-4-1-2-7-25(23)24;3-1(4)2(5)6/h1-11,22H,12-15,17-19H2;(H,3,4)(H,5,6). The molecule has 7 nitrogen and oxygen atoms in total. The lowest BCUT2D eigenvalue weighted by molar-refractivity contribution is -0.159. The van der Waals surface area contributed by atoms with Crippen LogP contribution in [-0.2, 0) is 27.5 Å². The third-order valence-electron chi connectivity index (χ3n) is 5.87. The van der Waals surface area contributed by atoms with Crippen molar-refractivity contribution < 1.29 is 24.5 Å². The maximum atomic E-state index is 9.10. The van der Waals surface area contributed by atoms with Gasteiger partial charge in [0.15, 0.2) is 0 Å². The largest absolute Gasteiger partial charge is 0.473 e. The maximum absolute atomic E-state index is 9.10. The number of ether oxygens (including phenoxy) is 1. The number of likely N-dealkylation sites (tertiary alicyclic amines) is 1. The van der Waals surface area contributed by atoms with E-state index in [1.165, 1.54) is 29.2 Å². The van der Waals surface area contributed by atoms with Gasteiger partial charge in [-0.25, -0.2) is 9.59 Å². The molecule has 0 unspecified atom stereocenters. The maximum Gasteiger partial charge on any atom is 0.414 e. The molecule has 1 aliphatic rings. The fourth-order valence-corrected chi connectivity index (χ4v) is 4.00. The van der Waals surface area contributed by atoms with E-state index in [-0.39, 0.29) is 0 Å². The first-order valence-corrected chi connectivity index (χ1v) is 11.2. The molecule has 4 rings (SSSR count). The topological polar surface area (TPSA) is 111 Å². The summed E-state index contributed by atoms with van der Waals surface area (Å²) >= 11 is 0. The van der Waals surface area contributed by atoms with Gasteiger partial charge in [-0.1, -0.05) is 54.6 Å². The number of carbonyl (C=O) groups is 2. The highest BCUT2D eigenvalue weighted by Gasteiger charge is 2.20. The van der Waals surface area contributed by atoms with Crippen molar-refractivity contribution in [2.45, 2.75) is 26.0 Å². The Morgan fingerprint density at radius 1 is 0.941 bits per heavy atom. The van der Waals surface area contributed by atoms with Crippen molar-refractivity contribution in [1.29, 1.82) is 5.26 Å². The van der Waals surface area contributed by atoms with Gasteiger partial charge in [0, 0.05) is 13.2 Å². The first-order chi connectivity index (χ1) is 16.5. The second kappa shape index (κ2) is 12.5. The molecule has 0 spiro atoms. The lowest BCUT2D eigenvalue weighted by atomic mass is 9.96. The lowest BCUT2D eigenvalue weighted by Gasteiger charge is -2.32. The number of nitrogens with zero attached hydrogens (tertiary/aromatic N) is 2. The van der Waals surface area contributed by atoms with E-state index in [9.17, 15) is 0 Å². The van der Waals surface area contributed by atoms with Gasteiger partial charge in [0.05, 0.1) is 18.2 Å². The molecular formula is C27H28N2O5. The number of carboxylic acid groups (broad SMARTS) is 2. The van der Waals surface area contributed by atoms with Crippen LogP contribution in [0.1, 0.15) is 29.5 Å². The van der Waals surface area contributed by atoms with Gasteiger partial charge in [-0.05, 0) is 65.9 Å². The summed E-state index contributed by atoms with van der Waals surface area (Å²) in [5.41, 5.74) is 3.25. The molecular weight excluding hydrogens is 432 g/mol. The van der Waals surface area contributed by atoms with Crippen LogP contribution in [0.3, 0.4) is 0 Å². The number of fused-ring (bicyclic) bond motifs is 1. The minimum atomic E-state index is -1.82. The lowest BCUT2D eigenvalue weighted by Crippen LogP contribution is -2.34. The van der Waals surface area contributed by atoms with Crippen molar-refractivity contribution >= 4 is 22.7 Å². The van der Waals surface area contributed by atoms with Crippen molar-refractivity contribution in [3.63, 3.8) is 0 Å². The van der Waals surface area contributed by atoms with Crippen LogP contribution in [0.25, 0.3) is 10.8 Å². The van der Waals surface area contributed by atoms with E-state index in [2.05, 4.69) is 53.4 Å². The summed E-state index contributed by atoms with van der Waals surface area (Å²) < 4.78 is 5.94. The number of benzene rings is 3. The summed E-state index contributed by atoms with van der Waals surface area (Å²) in [6.07, 6.45) is 2.39. The van der Waals surface area contributed by atoms with Crippen molar-refractivity contribution in [1.82, 2.24) is 4.90 Å².